The molecule has 2 unspecified atom stereocenters. The zero-order valence-electron chi connectivity index (χ0n) is 10.4. The molecular weight excluding hydrogens is 224 g/mol. The molecule has 98 valence electrons. The highest BCUT2D eigenvalue weighted by Gasteiger charge is 2.34. The molecule has 0 spiro atoms. The van der Waals surface area contributed by atoms with Crippen LogP contribution in [0.4, 0.5) is 0 Å². The van der Waals surface area contributed by atoms with Crippen LogP contribution in [0.5, 0.6) is 0 Å². The second-order valence-electron chi connectivity index (χ2n) is 4.05. The minimum Gasteiger partial charge on any atom is -0.468 e. The third kappa shape index (κ3) is 4.09. The van der Waals surface area contributed by atoms with Crippen LogP contribution in [-0.4, -0.2) is 44.8 Å². The Morgan fingerprint density at radius 2 is 2.18 bits per heavy atom. The first-order chi connectivity index (χ1) is 8.20. The molecule has 0 radical (unpaired) electrons. The second kappa shape index (κ2) is 7.40. The Morgan fingerprint density at radius 1 is 1.41 bits per heavy atom. The SMILES string of the molecule is CCCCC(C(=O)OC)C(=O)C1COCCO1. The number of ether oxygens (including phenoxy) is 3. The van der Waals surface area contributed by atoms with Gasteiger partial charge in [-0.1, -0.05) is 19.8 Å². The average molecular weight is 244 g/mol. The fourth-order valence-corrected chi connectivity index (χ4v) is 1.80. The van der Waals surface area contributed by atoms with Gasteiger partial charge in [0.25, 0.3) is 0 Å². The highest BCUT2D eigenvalue weighted by molar-refractivity contribution is 6.01. The van der Waals surface area contributed by atoms with Crippen molar-refractivity contribution in [3.8, 4) is 0 Å². The van der Waals surface area contributed by atoms with Crippen LogP contribution in [-0.2, 0) is 23.8 Å². The molecule has 0 aliphatic carbocycles. The lowest BCUT2D eigenvalue weighted by molar-refractivity contribution is -0.160. The molecule has 0 aromatic carbocycles. The van der Waals surface area contributed by atoms with Crippen LogP contribution in [0, 0.1) is 5.92 Å². The maximum atomic E-state index is 12.1. The predicted molar refractivity (Wildman–Crippen MR) is 60.6 cm³/mol. The number of carbonyl (C=O) groups is 2. The molecule has 1 fully saturated rings. The van der Waals surface area contributed by atoms with Crippen molar-refractivity contribution in [2.24, 2.45) is 5.92 Å². The van der Waals surface area contributed by atoms with Crippen LogP contribution >= 0.6 is 0 Å². The van der Waals surface area contributed by atoms with Gasteiger partial charge < -0.3 is 14.2 Å². The molecule has 0 N–H and O–H groups in total. The summed E-state index contributed by atoms with van der Waals surface area (Å²) < 4.78 is 15.2. The molecule has 0 saturated carbocycles. The maximum Gasteiger partial charge on any atom is 0.316 e. The normalized spacial score (nSPS) is 21.9. The van der Waals surface area contributed by atoms with Crippen LogP contribution in [0.3, 0.4) is 0 Å². The molecule has 0 amide bonds. The Labute approximate surface area is 101 Å². The zero-order valence-corrected chi connectivity index (χ0v) is 10.4. The van der Waals surface area contributed by atoms with Crippen molar-refractivity contribution in [3.63, 3.8) is 0 Å². The minimum absolute atomic E-state index is 0.218. The van der Waals surface area contributed by atoms with Gasteiger partial charge in [0.2, 0.25) is 0 Å². The van der Waals surface area contributed by atoms with Crippen LogP contribution in [0.15, 0.2) is 0 Å². The van der Waals surface area contributed by atoms with Gasteiger partial charge in [0.15, 0.2) is 5.78 Å². The number of unbranched alkanes of at least 4 members (excludes halogenated alkanes) is 1. The average Bonchev–Trinajstić information content (AvgIpc) is 2.39. The van der Waals surface area contributed by atoms with Gasteiger partial charge in [-0.15, -0.1) is 0 Å². The molecular formula is C12H20O5. The predicted octanol–water partition coefficient (Wildman–Crippen LogP) is 0.950. The van der Waals surface area contributed by atoms with Gasteiger partial charge in [-0.05, 0) is 6.42 Å². The molecule has 1 aliphatic rings. The largest absolute Gasteiger partial charge is 0.468 e. The van der Waals surface area contributed by atoms with Crippen molar-refractivity contribution < 1.29 is 23.8 Å². The molecule has 0 aromatic rings. The second-order valence-corrected chi connectivity index (χ2v) is 4.05. The molecule has 1 saturated heterocycles. The summed E-state index contributed by atoms with van der Waals surface area (Å²) in [6.45, 7) is 3.15. The van der Waals surface area contributed by atoms with Crippen molar-refractivity contribution in [2.45, 2.75) is 32.3 Å². The molecule has 5 heteroatoms. The van der Waals surface area contributed by atoms with E-state index in [4.69, 9.17) is 9.47 Å². The highest BCUT2D eigenvalue weighted by Crippen LogP contribution is 2.16. The molecule has 1 rings (SSSR count). The van der Waals surface area contributed by atoms with E-state index in [0.717, 1.165) is 12.8 Å². The van der Waals surface area contributed by atoms with Crippen LogP contribution in [0.2, 0.25) is 0 Å². The summed E-state index contributed by atoms with van der Waals surface area (Å²) in [4.78, 5) is 23.7. The number of Topliss-reactive ketones (excluding diaryl/α,β-unsaturated/α-hetero) is 1. The summed E-state index contributed by atoms with van der Waals surface area (Å²) in [5.74, 6) is -1.41. The van der Waals surface area contributed by atoms with Crippen LogP contribution in [0.1, 0.15) is 26.2 Å². The fraction of sp³-hybridized carbons (Fsp3) is 0.833. The van der Waals surface area contributed by atoms with Crippen LogP contribution < -0.4 is 0 Å². The van der Waals surface area contributed by atoms with E-state index >= 15 is 0 Å². The Kier molecular flexibility index (Phi) is 6.15. The van der Waals surface area contributed by atoms with E-state index in [1.165, 1.54) is 7.11 Å². The van der Waals surface area contributed by atoms with Gasteiger partial charge in [0.05, 0.1) is 26.9 Å². The minimum atomic E-state index is -0.716. The lowest BCUT2D eigenvalue weighted by Crippen LogP contribution is -2.41. The van der Waals surface area contributed by atoms with Crippen molar-refractivity contribution in [2.75, 3.05) is 26.9 Å². The molecule has 1 aliphatic heterocycles. The van der Waals surface area contributed by atoms with Crippen LogP contribution in [0.25, 0.3) is 0 Å². The third-order valence-corrected chi connectivity index (χ3v) is 2.81. The topological polar surface area (TPSA) is 61.8 Å². The molecule has 1 heterocycles. The smallest absolute Gasteiger partial charge is 0.316 e. The highest BCUT2D eigenvalue weighted by atomic mass is 16.6. The van der Waals surface area contributed by atoms with Gasteiger partial charge in [-0.2, -0.15) is 0 Å². The van der Waals surface area contributed by atoms with Crippen molar-refractivity contribution in [1.29, 1.82) is 0 Å². The van der Waals surface area contributed by atoms with Gasteiger partial charge in [0.1, 0.15) is 12.0 Å². The van der Waals surface area contributed by atoms with Crippen molar-refractivity contribution in [1.82, 2.24) is 0 Å². The fourth-order valence-electron chi connectivity index (χ4n) is 1.80. The van der Waals surface area contributed by atoms with Crippen molar-refractivity contribution >= 4 is 11.8 Å². The number of ketones is 1. The Bertz CT molecular complexity index is 258. The Balaban J connectivity index is 2.60. The van der Waals surface area contributed by atoms with E-state index in [1.54, 1.807) is 0 Å². The van der Waals surface area contributed by atoms with Gasteiger partial charge in [-0.25, -0.2) is 0 Å². The van der Waals surface area contributed by atoms with Gasteiger partial charge in [-0.3, -0.25) is 9.59 Å². The number of carbonyl (C=O) groups excluding carboxylic acids is 2. The maximum absolute atomic E-state index is 12.1. The van der Waals surface area contributed by atoms with Gasteiger partial charge >= 0.3 is 5.97 Å². The van der Waals surface area contributed by atoms with E-state index in [1.807, 2.05) is 6.92 Å². The number of hydrogen-bond donors (Lipinski definition) is 0. The van der Waals surface area contributed by atoms with Crippen molar-refractivity contribution in [3.05, 3.63) is 0 Å². The third-order valence-electron chi connectivity index (χ3n) is 2.81. The number of esters is 1. The summed E-state index contributed by atoms with van der Waals surface area (Å²) in [7, 11) is 1.30. The number of rotatable bonds is 6. The lowest BCUT2D eigenvalue weighted by atomic mass is 9.94. The quantitative estimate of drug-likeness (QED) is 0.514. The number of hydrogen-bond acceptors (Lipinski definition) is 5. The van der Waals surface area contributed by atoms with Gasteiger partial charge in [0, 0.05) is 0 Å². The standard InChI is InChI=1S/C12H20O5/c1-3-4-5-9(12(14)15-2)11(13)10-8-16-6-7-17-10/h9-10H,3-8H2,1-2H3. The Morgan fingerprint density at radius 3 is 2.71 bits per heavy atom. The lowest BCUT2D eigenvalue weighted by Gasteiger charge is -2.24. The molecule has 0 aromatic heterocycles. The molecule has 0 bridgehead atoms. The first kappa shape index (κ1) is 14.1. The van der Waals surface area contributed by atoms with E-state index in [0.29, 0.717) is 19.6 Å². The molecule has 5 nitrogen and oxygen atoms in total. The summed E-state index contributed by atoms with van der Waals surface area (Å²) in [5.41, 5.74) is 0. The van der Waals surface area contributed by atoms with E-state index in [-0.39, 0.29) is 12.4 Å². The van der Waals surface area contributed by atoms with E-state index in [2.05, 4.69) is 4.74 Å². The summed E-state index contributed by atoms with van der Waals surface area (Å²) in [6.07, 6.45) is 1.65. The molecule has 2 atom stereocenters. The number of methoxy groups -OCH3 is 1. The van der Waals surface area contributed by atoms with E-state index < -0.39 is 18.0 Å². The molecule has 17 heavy (non-hydrogen) atoms. The summed E-state index contributed by atoms with van der Waals surface area (Å²) in [6, 6.07) is 0. The first-order valence-electron chi connectivity index (χ1n) is 6.01. The first-order valence-corrected chi connectivity index (χ1v) is 6.01. The Hall–Kier alpha value is -0.940. The monoisotopic (exact) mass is 244 g/mol. The summed E-state index contributed by atoms with van der Waals surface area (Å²) in [5, 5.41) is 0. The van der Waals surface area contributed by atoms with E-state index in [9.17, 15) is 9.59 Å². The zero-order chi connectivity index (χ0) is 12.7. The summed E-state index contributed by atoms with van der Waals surface area (Å²) >= 11 is 0.